The smallest absolute Gasteiger partial charge is 0.253 e. The van der Waals surface area contributed by atoms with Crippen LogP contribution < -0.4 is 5.32 Å². The number of carbonyl (C=O) groups excluding carboxylic acids is 1. The molecule has 4 rings (SSSR count). The van der Waals surface area contributed by atoms with Gasteiger partial charge in [0.1, 0.15) is 0 Å². The molecule has 128 valence electrons. The van der Waals surface area contributed by atoms with Gasteiger partial charge >= 0.3 is 0 Å². The van der Waals surface area contributed by atoms with E-state index >= 15 is 0 Å². The summed E-state index contributed by atoms with van der Waals surface area (Å²) in [5.41, 5.74) is 4.02. The number of hydrogen-bond acceptors (Lipinski definition) is 3. The van der Waals surface area contributed by atoms with Crippen molar-refractivity contribution in [1.82, 2.24) is 19.8 Å². The molecular weight excluding hydrogens is 312 g/mol. The van der Waals surface area contributed by atoms with E-state index in [1.165, 1.54) is 0 Å². The minimum absolute atomic E-state index is 0.0910. The summed E-state index contributed by atoms with van der Waals surface area (Å²) in [5.74, 6) is 0.0910. The van der Waals surface area contributed by atoms with Crippen LogP contribution >= 0.6 is 0 Å². The molecule has 2 aromatic carbocycles. The van der Waals surface area contributed by atoms with Gasteiger partial charge in [-0.15, -0.1) is 0 Å². The molecule has 1 fully saturated rings. The summed E-state index contributed by atoms with van der Waals surface area (Å²) in [6, 6.07) is 16.3. The van der Waals surface area contributed by atoms with Crippen LogP contribution in [-0.2, 0) is 6.54 Å². The van der Waals surface area contributed by atoms with Gasteiger partial charge in [-0.2, -0.15) is 0 Å². The summed E-state index contributed by atoms with van der Waals surface area (Å²) in [6.07, 6.45) is 2.89. The number of aromatic nitrogens is 2. The van der Waals surface area contributed by atoms with Crippen LogP contribution in [-0.4, -0.2) is 46.5 Å². The molecule has 1 aliphatic heterocycles. The van der Waals surface area contributed by atoms with Crippen LogP contribution in [0.25, 0.3) is 11.0 Å². The minimum Gasteiger partial charge on any atom is -0.337 e. The molecule has 0 radical (unpaired) electrons. The average Bonchev–Trinajstić information content (AvgIpc) is 3.32. The average molecular weight is 334 g/mol. The predicted octanol–water partition coefficient (Wildman–Crippen LogP) is 2.52. The Morgan fingerprint density at radius 3 is 2.80 bits per heavy atom. The number of fused-ring (bicyclic) bond motifs is 1. The minimum atomic E-state index is 0.0910. The molecule has 1 N–H and O–H groups in total. The third kappa shape index (κ3) is 3.15. The lowest BCUT2D eigenvalue weighted by atomic mass is 10.1. The van der Waals surface area contributed by atoms with Crippen molar-refractivity contribution in [3.8, 4) is 0 Å². The maximum absolute atomic E-state index is 12.6. The van der Waals surface area contributed by atoms with E-state index in [1.54, 1.807) is 0 Å². The van der Waals surface area contributed by atoms with Crippen molar-refractivity contribution in [2.45, 2.75) is 19.0 Å². The first-order valence-electron chi connectivity index (χ1n) is 8.69. The fourth-order valence-corrected chi connectivity index (χ4v) is 3.43. The summed E-state index contributed by atoms with van der Waals surface area (Å²) in [4.78, 5) is 18.9. The number of likely N-dealkylation sites (N-methyl/N-ethyl adjacent to an activating group) is 1. The van der Waals surface area contributed by atoms with Crippen molar-refractivity contribution in [3.05, 3.63) is 66.0 Å². The Labute approximate surface area is 147 Å². The van der Waals surface area contributed by atoms with Crippen LogP contribution in [0.2, 0.25) is 0 Å². The molecule has 3 aromatic rings. The van der Waals surface area contributed by atoms with E-state index in [2.05, 4.69) is 20.9 Å². The first-order chi connectivity index (χ1) is 12.2. The third-order valence-electron chi connectivity index (χ3n) is 4.98. The highest BCUT2D eigenvalue weighted by molar-refractivity contribution is 5.94. The monoisotopic (exact) mass is 334 g/mol. The fraction of sp³-hybridized carbons (Fsp3) is 0.300. The van der Waals surface area contributed by atoms with E-state index in [-0.39, 0.29) is 5.91 Å². The van der Waals surface area contributed by atoms with Crippen molar-refractivity contribution in [2.75, 3.05) is 20.1 Å². The van der Waals surface area contributed by atoms with Crippen LogP contribution in [0.1, 0.15) is 22.3 Å². The number of imidazole rings is 1. The molecule has 1 amide bonds. The van der Waals surface area contributed by atoms with Gasteiger partial charge in [0, 0.05) is 31.7 Å². The van der Waals surface area contributed by atoms with Crippen molar-refractivity contribution in [3.63, 3.8) is 0 Å². The summed E-state index contributed by atoms with van der Waals surface area (Å²) >= 11 is 0. The first kappa shape index (κ1) is 15.8. The molecule has 1 aliphatic rings. The SMILES string of the molecule is CN(C(=O)c1ccc(Cn2cnc3ccccc32)cc1)C1CCNC1. The summed E-state index contributed by atoms with van der Waals surface area (Å²) < 4.78 is 2.13. The number of amides is 1. The van der Waals surface area contributed by atoms with Crippen LogP contribution in [0, 0.1) is 0 Å². The Kier molecular flexibility index (Phi) is 4.24. The highest BCUT2D eigenvalue weighted by atomic mass is 16.2. The highest BCUT2D eigenvalue weighted by Crippen LogP contribution is 2.16. The van der Waals surface area contributed by atoms with E-state index in [9.17, 15) is 4.79 Å². The number of hydrogen-bond donors (Lipinski definition) is 1. The van der Waals surface area contributed by atoms with E-state index < -0.39 is 0 Å². The summed E-state index contributed by atoms with van der Waals surface area (Å²) in [6.45, 7) is 2.62. The summed E-state index contributed by atoms with van der Waals surface area (Å²) in [5, 5.41) is 3.31. The number of nitrogens with zero attached hydrogens (tertiary/aromatic N) is 3. The second-order valence-electron chi connectivity index (χ2n) is 6.62. The molecule has 0 bridgehead atoms. The molecule has 1 aromatic heterocycles. The Morgan fingerprint density at radius 1 is 1.24 bits per heavy atom. The zero-order chi connectivity index (χ0) is 17.2. The van der Waals surface area contributed by atoms with Gasteiger partial charge in [-0.05, 0) is 42.8 Å². The Morgan fingerprint density at radius 2 is 2.04 bits per heavy atom. The lowest BCUT2D eigenvalue weighted by Gasteiger charge is -2.23. The molecule has 0 aliphatic carbocycles. The lowest BCUT2D eigenvalue weighted by Crippen LogP contribution is -2.38. The van der Waals surface area contributed by atoms with Gasteiger partial charge in [-0.1, -0.05) is 24.3 Å². The molecule has 0 spiro atoms. The van der Waals surface area contributed by atoms with E-state index in [4.69, 9.17) is 0 Å². The molecule has 0 saturated carbocycles. The number of para-hydroxylation sites is 2. The van der Waals surface area contributed by atoms with Gasteiger partial charge in [0.25, 0.3) is 5.91 Å². The second-order valence-corrected chi connectivity index (χ2v) is 6.62. The van der Waals surface area contributed by atoms with Crippen LogP contribution in [0.4, 0.5) is 0 Å². The number of nitrogens with one attached hydrogen (secondary N) is 1. The van der Waals surface area contributed by atoms with Gasteiger partial charge in [0.05, 0.1) is 17.4 Å². The zero-order valence-electron chi connectivity index (χ0n) is 14.4. The first-order valence-corrected chi connectivity index (χ1v) is 8.69. The number of benzene rings is 2. The maximum atomic E-state index is 12.6. The molecule has 1 unspecified atom stereocenters. The third-order valence-corrected chi connectivity index (χ3v) is 4.98. The highest BCUT2D eigenvalue weighted by Gasteiger charge is 2.23. The molecule has 5 heteroatoms. The number of carbonyl (C=O) groups is 1. The van der Waals surface area contributed by atoms with Crippen LogP contribution in [0.5, 0.6) is 0 Å². The quantitative estimate of drug-likeness (QED) is 0.798. The molecule has 2 heterocycles. The molecule has 25 heavy (non-hydrogen) atoms. The normalized spacial score (nSPS) is 17.1. The maximum Gasteiger partial charge on any atom is 0.253 e. The van der Waals surface area contributed by atoms with Crippen LogP contribution in [0.15, 0.2) is 54.9 Å². The van der Waals surface area contributed by atoms with Gasteiger partial charge in [0.15, 0.2) is 0 Å². The topological polar surface area (TPSA) is 50.2 Å². The molecule has 1 atom stereocenters. The van der Waals surface area contributed by atoms with E-state index in [0.29, 0.717) is 6.04 Å². The van der Waals surface area contributed by atoms with Crippen molar-refractivity contribution in [1.29, 1.82) is 0 Å². The van der Waals surface area contributed by atoms with Gasteiger partial charge in [0.2, 0.25) is 0 Å². The van der Waals surface area contributed by atoms with Crippen molar-refractivity contribution < 1.29 is 4.79 Å². The van der Waals surface area contributed by atoms with Gasteiger partial charge in [-0.25, -0.2) is 4.98 Å². The summed E-state index contributed by atoms with van der Waals surface area (Å²) in [7, 11) is 1.89. The predicted molar refractivity (Wildman–Crippen MR) is 98.6 cm³/mol. The van der Waals surface area contributed by atoms with Gasteiger partial charge in [-0.3, -0.25) is 4.79 Å². The van der Waals surface area contributed by atoms with E-state index in [0.717, 1.165) is 48.2 Å². The Hall–Kier alpha value is -2.66. The lowest BCUT2D eigenvalue weighted by molar-refractivity contribution is 0.0744. The van der Waals surface area contributed by atoms with E-state index in [1.807, 2.05) is 60.7 Å². The fourth-order valence-electron chi connectivity index (χ4n) is 3.43. The zero-order valence-corrected chi connectivity index (χ0v) is 14.4. The largest absolute Gasteiger partial charge is 0.337 e. The van der Waals surface area contributed by atoms with Crippen molar-refractivity contribution in [2.24, 2.45) is 0 Å². The second kappa shape index (κ2) is 6.69. The Balaban J connectivity index is 1.49. The van der Waals surface area contributed by atoms with Crippen molar-refractivity contribution >= 4 is 16.9 Å². The molecule has 1 saturated heterocycles. The molecular formula is C20H22N4O. The standard InChI is InChI=1S/C20H22N4O/c1-23(17-10-11-21-12-17)20(25)16-8-6-15(7-9-16)13-24-14-22-18-4-2-3-5-19(18)24/h2-9,14,17,21H,10-13H2,1H3. The number of rotatable bonds is 4. The Bertz CT molecular complexity index is 878. The molecule has 5 nitrogen and oxygen atoms in total. The van der Waals surface area contributed by atoms with Crippen LogP contribution in [0.3, 0.4) is 0 Å². The van der Waals surface area contributed by atoms with Gasteiger partial charge < -0.3 is 14.8 Å².